The number of hydrogen-bond donors (Lipinski definition) is 0. The van der Waals surface area contributed by atoms with E-state index in [1.807, 2.05) is 61.5 Å². The van der Waals surface area contributed by atoms with Gasteiger partial charge < -0.3 is 4.90 Å². The molecule has 20 heavy (non-hydrogen) atoms. The zero-order valence-electron chi connectivity index (χ0n) is 11.7. The van der Waals surface area contributed by atoms with E-state index in [1.54, 1.807) is 0 Å². The van der Waals surface area contributed by atoms with Crippen LogP contribution < -0.4 is 4.90 Å². The van der Waals surface area contributed by atoms with Crippen molar-refractivity contribution in [3.63, 3.8) is 0 Å². The Bertz CT molecular complexity index is 612. The van der Waals surface area contributed by atoms with Gasteiger partial charge in [0.1, 0.15) is 0 Å². The molecule has 0 saturated heterocycles. The lowest BCUT2D eigenvalue weighted by Gasteiger charge is -2.16. The van der Waals surface area contributed by atoms with Gasteiger partial charge in [-0.3, -0.25) is 0 Å². The Balaban J connectivity index is 2.22. The van der Waals surface area contributed by atoms with Gasteiger partial charge in [-0.25, -0.2) is 0 Å². The molecule has 0 heterocycles. The lowest BCUT2D eigenvalue weighted by atomic mass is 9.93. The van der Waals surface area contributed by atoms with Gasteiger partial charge in [0, 0.05) is 24.8 Å². The largest absolute Gasteiger partial charge is 0.378 e. The molecule has 0 aromatic heterocycles. The summed E-state index contributed by atoms with van der Waals surface area (Å²) in [5.74, 6) is -0.143. The summed E-state index contributed by atoms with van der Waals surface area (Å²) >= 11 is 5.88. The zero-order valence-corrected chi connectivity index (χ0v) is 12.4. The Morgan fingerprint density at radius 2 is 1.85 bits per heavy atom. The van der Waals surface area contributed by atoms with Crippen LogP contribution in [0.5, 0.6) is 0 Å². The van der Waals surface area contributed by atoms with Crippen molar-refractivity contribution in [1.82, 2.24) is 0 Å². The maximum Gasteiger partial charge on any atom is 0.0753 e. The predicted octanol–water partition coefficient (Wildman–Crippen LogP) is 4.26. The van der Waals surface area contributed by atoms with Crippen molar-refractivity contribution in [2.24, 2.45) is 0 Å². The summed E-state index contributed by atoms with van der Waals surface area (Å²) in [4.78, 5) is 2.04. The van der Waals surface area contributed by atoms with E-state index in [0.717, 1.165) is 21.8 Å². The van der Waals surface area contributed by atoms with Crippen LogP contribution in [0.25, 0.3) is 0 Å². The molecule has 2 rings (SSSR count). The molecule has 2 nitrogen and oxygen atoms in total. The molecule has 0 aliphatic rings. The number of anilines is 1. The molecule has 0 spiro atoms. The number of hydrogen-bond acceptors (Lipinski definition) is 2. The molecule has 0 radical (unpaired) electrons. The lowest BCUT2D eigenvalue weighted by Crippen LogP contribution is -2.09. The van der Waals surface area contributed by atoms with E-state index in [2.05, 4.69) is 12.1 Å². The smallest absolute Gasteiger partial charge is 0.0753 e. The molecule has 2 aromatic rings. The minimum absolute atomic E-state index is 0.143. The van der Waals surface area contributed by atoms with Crippen LogP contribution in [-0.2, 0) is 6.42 Å². The number of rotatable bonds is 4. The SMILES string of the molecule is CN(C)c1cccc(C(C#N)Cc2ccc(Cl)cc2)c1. The van der Waals surface area contributed by atoms with Gasteiger partial charge in [0.05, 0.1) is 12.0 Å². The highest BCUT2D eigenvalue weighted by Gasteiger charge is 2.12. The molecule has 0 N–H and O–H groups in total. The maximum absolute atomic E-state index is 9.44. The van der Waals surface area contributed by atoms with Crippen LogP contribution in [0.4, 0.5) is 5.69 Å². The van der Waals surface area contributed by atoms with Crippen molar-refractivity contribution in [1.29, 1.82) is 5.26 Å². The van der Waals surface area contributed by atoms with Crippen LogP contribution in [-0.4, -0.2) is 14.1 Å². The van der Waals surface area contributed by atoms with E-state index in [1.165, 1.54) is 0 Å². The minimum Gasteiger partial charge on any atom is -0.378 e. The summed E-state index contributed by atoms with van der Waals surface area (Å²) in [6.45, 7) is 0. The molecule has 0 aliphatic carbocycles. The zero-order chi connectivity index (χ0) is 14.5. The Kier molecular flexibility index (Phi) is 4.65. The second-order valence-corrected chi connectivity index (χ2v) is 5.44. The van der Waals surface area contributed by atoms with Gasteiger partial charge in [0.2, 0.25) is 0 Å². The molecule has 2 aromatic carbocycles. The Morgan fingerprint density at radius 1 is 1.15 bits per heavy atom. The third kappa shape index (κ3) is 3.53. The number of nitrogens with zero attached hydrogens (tertiary/aromatic N) is 2. The van der Waals surface area contributed by atoms with Crippen molar-refractivity contribution in [2.45, 2.75) is 12.3 Å². The van der Waals surface area contributed by atoms with Gasteiger partial charge in [0.15, 0.2) is 0 Å². The quantitative estimate of drug-likeness (QED) is 0.839. The minimum atomic E-state index is -0.143. The molecule has 0 bridgehead atoms. The van der Waals surface area contributed by atoms with Crippen LogP contribution in [0.15, 0.2) is 48.5 Å². The summed E-state index contributed by atoms with van der Waals surface area (Å²) in [5.41, 5.74) is 3.28. The summed E-state index contributed by atoms with van der Waals surface area (Å²) in [5, 5.41) is 10.2. The molecule has 0 saturated carbocycles. The standard InChI is InChI=1S/C17H17ClN2/c1-20(2)17-5-3-4-14(11-17)15(12-19)10-13-6-8-16(18)9-7-13/h3-9,11,15H,10H2,1-2H3. The first-order valence-corrected chi connectivity index (χ1v) is 6.89. The van der Waals surface area contributed by atoms with Crippen molar-refractivity contribution in [2.75, 3.05) is 19.0 Å². The van der Waals surface area contributed by atoms with Crippen molar-refractivity contribution < 1.29 is 0 Å². The topological polar surface area (TPSA) is 27.0 Å². The molecule has 0 amide bonds. The highest BCUT2D eigenvalue weighted by Crippen LogP contribution is 2.24. The molecular formula is C17H17ClN2. The average Bonchev–Trinajstić information content (AvgIpc) is 2.46. The monoisotopic (exact) mass is 284 g/mol. The van der Waals surface area contributed by atoms with Crippen LogP contribution in [0.2, 0.25) is 5.02 Å². The molecule has 102 valence electrons. The highest BCUT2D eigenvalue weighted by atomic mass is 35.5. The van der Waals surface area contributed by atoms with E-state index in [0.29, 0.717) is 6.42 Å². The summed E-state index contributed by atoms with van der Waals surface area (Å²) in [6, 6.07) is 18.2. The van der Waals surface area contributed by atoms with Crippen LogP contribution in [0, 0.1) is 11.3 Å². The van der Waals surface area contributed by atoms with Gasteiger partial charge in [-0.2, -0.15) is 5.26 Å². The molecule has 0 fully saturated rings. The summed E-state index contributed by atoms with van der Waals surface area (Å²) in [7, 11) is 4.00. The summed E-state index contributed by atoms with van der Waals surface area (Å²) in [6.07, 6.45) is 0.699. The number of benzene rings is 2. The van der Waals surface area contributed by atoms with E-state index in [9.17, 15) is 5.26 Å². The second-order valence-electron chi connectivity index (χ2n) is 5.00. The first-order valence-electron chi connectivity index (χ1n) is 6.51. The fourth-order valence-corrected chi connectivity index (χ4v) is 2.24. The fraction of sp³-hybridized carbons (Fsp3) is 0.235. The van der Waals surface area contributed by atoms with Crippen LogP contribution in [0.1, 0.15) is 17.0 Å². The fourth-order valence-electron chi connectivity index (χ4n) is 2.11. The van der Waals surface area contributed by atoms with E-state index in [4.69, 9.17) is 11.6 Å². The van der Waals surface area contributed by atoms with Crippen LogP contribution >= 0.6 is 11.6 Å². The highest BCUT2D eigenvalue weighted by molar-refractivity contribution is 6.30. The van der Waals surface area contributed by atoms with Crippen LogP contribution in [0.3, 0.4) is 0 Å². The molecule has 1 unspecified atom stereocenters. The lowest BCUT2D eigenvalue weighted by molar-refractivity contribution is 0.848. The van der Waals surface area contributed by atoms with E-state index >= 15 is 0 Å². The number of halogens is 1. The second kappa shape index (κ2) is 6.45. The normalized spacial score (nSPS) is 11.7. The van der Waals surface area contributed by atoms with E-state index < -0.39 is 0 Å². The first-order chi connectivity index (χ1) is 9.60. The third-order valence-electron chi connectivity index (χ3n) is 3.30. The number of nitriles is 1. The van der Waals surface area contributed by atoms with Gasteiger partial charge in [-0.1, -0.05) is 35.9 Å². The third-order valence-corrected chi connectivity index (χ3v) is 3.55. The average molecular weight is 285 g/mol. The van der Waals surface area contributed by atoms with Crippen molar-refractivity contribution in [3.8, 4) is 6.07 Å². The maximum atomic E-state index is 9.44. The van der Waals surface area contributed by atoms with Gasteiger partial charge in [-0.15, -0.1) is 0 Å². The summed E-state index contributed by atoms with van der Waals surface area (Å²) < 4.78 is 0. The van der Waals surface area contributed by atoms with E-state index in [-0.39, 0.29) is 5.92 Å². The van der Waals surface area contributed by atoms with Crippen molar-refractivity contribution in [3.05, 3.63) is 64.7 Å². The molecular weight excluding hydrogens is 268 g/mol. The molecule has 0 aliphatic heterocycles. The molecule has 1 atom stereocenters. The predicted molar refractivity (Wildman–Crippen MR) is 84.3 cm³/mol. The first kappa shape index (κ1) is 14.4. The van der Waals surface area contributed by atoms with Crippen molar-refractivity contribution >= 4 is 17.3 Å². The van der Waals surface area contributed by atoms with Gasteiger partial charge in [0.25, 0.3) is 0 Å². The Hall–Kier alpha value is -1.98. The Morgan fingerprint density at radius 3 is 2.45 bits per heavy atom. The Labute approximate surface area is 125 Å². The van der Waals surface area contributed by atoms with Gasteiger partial charge in [-0.05, 0) is 41.8 Å². The van der Waals surface area contributed by atoms with Gasteiger partial charge >= 0.3 is 0 Å². The molecule has 3 heteroatoms.